The first kappa shape index (κ1) is 13.4. The molecule has 1 aliphatic heterocycles. The highest BCUT2D eigenvalue weighted by Crippen LogP contribution is 2.49. The van der Waals surface area contributed by atoms with Gasteiger partial charge in [0.15, 0.2) is 0 Å². The van der Waals surface area contributed by atoms with Crippen molar-refractivity contribution in [1.29, 1.82) is 0 Å². The highest BCUT2D eigenvalue weighted by atomic mass is 16.5. The molecule has 2 bridgehead atoms. The molecular formula is C15H26N2O2. The van der Waals surface area contributed by atoms with Gasteiger partial charge in [-0.25, -0.2) is 0 Å². The molecule has 3 aliphatic rings. The van der Waals surface area contributed by atoms with Crippen molar-refractivity contribution < 1.29 is 9.53 Å². The summed E-state index contributed by atoms with van der Waals surface area (Å²) in [6, 6.07) is 0.351. The molecule has 3 fully saturated rings. The summed E-state index contributed by atoms with van der Waals surface area (Å²) in [6.45, 7) is 6.02. The van der Waals surface area contributed by atoms with Crippen LogP contribution in [0.5, 0.6) is 0 Å². The molecule has 19 heavy (non-hydrogen) atoms. The van der Waals surface area contributed by atoms with Gasteiger partial charge in [0.2, 0.25) is 5.91 Å². The minimum atomic E-state index is 0.192. The van der Waals surface area contributed by atoms with E-state index in [1.807, 2.05) is 0 Å². The fraction of sp³-hybridized carbons (Fsp3) is 0.933. The molecule has 0 spiro atoms. The van der Waals surface area contributed by atoms with E-state index in [0.29, 0.717) is 12.6 Å². The van der Waals surface area contributed by atoms with Crippen LogP contribution in [0.2, 0.25) is 0 Å². The van der Waals surface area contributed by atoms with Crippen molar-refractivity contribution >= 4 is 5.91 Å². The third-order valence-electron chi connectivity index (χ3n) is 5.29. The van der Waals surface area contributed by atoms with Crippen molar-refractivity contribution in [3.63, 3.8) is 0 Å². The molecule has 0 unspecified atom stereocenters. The second-order valence-electron chi connectivity index (χ2n) is 6.58. The summed E-state index contributed by atoms with van der Waals surface area (Å²) in [5, 5.41) is 3.23. The zero-order valence-electron chi connectivity index (χ0n) is 11.9. The molecule has 1 heterocycles. The van der Waals surface area contributed by atoms with Crippen LogP contribution in [0, 0.1) is 17.8 Å². The van der Waals surface area contributed by atoms with Gasteiger partial charge in [-0.2, -0.15) is 0 Å². The van der Waals surface area contributed by atoms with Crippen molar-refractivity contribution in [2.75, 3.05) is 32.8 Å². The number of morpholine rings is 1. The number of nitrogens with zero attached hydrogens (tertiary/aromatic N) is 1. The number of hydrogen-bond donors (Lipinski definition) is 1. The van der Waals surface area contributed by atoms with Gasteiger partial charge < -0.3 is 10.1 Å². The molecule has 0 aromatic rings. The highest BCUT2D eigenvalue weighted by Gasteiger charge is 2.42. The standard InChI is InChI=1S/C15H26N2O2/c1-11(14-9-12-2-3-13(14)8-12)16-15(18)10-17-4-6-19-7-5-17/h11-14H,2-10H2,1H3,(H,16,18)/t11-,12-,13-,14+/m0/s1. The Bertz CT molecular complexity index is 328. The third-order valence-corrected chi connectivity index (χ3v) is 5.29. The molecule has 4 nitrogen and oxygen atoms in total. The molecule has 0 radical (unpaired) electrons. The van der Waals surface area contributed by atoms with E-state index in [2.05, 4.69) is 17.1 Å². The van der Waals surface area contributed by atoms with Crippen molar-refractivity contribution in [2.24, 2.45) is 17.8 Å². The lowest BCUT2D eigenvalue weighted by molar-refractivity contribution is -0.124. The number of nitrogens with one attached hydrogen (secondary N) is 1. The quantitative estimate of drug-likeness (QED) is 0.833. The minimum absolute atomic E-state index is 0.192. The first-order valence-corrected chi connectivity index (χ1v) is 7.82. The Balaban J connectivity index is 1.43. The molecule has 1 amide bonds. The van der Waals surface area contributed by atoms with Crippen molar-refractivity contribution in [3.8, 4) is 0 Å². The molecule has 1 N–H and O–H groups in total. The van der Waals surface area contributed by atoms with E-state index < -0.39 is 0 Å². The largest absolute Gasteiger partial charge is 0.379 e. The maximum absolute atomic E-state index is 12.1. The average Bonchev–Trinajstić information content (AvgIpc) is 3.02. The van der Waals surface area contributed by atoms with Crippen LogP contribution in [0.4, 0.5) is 0 Å². The van der Waals surface area contributed by atoms with Gasteiger partial charge in [-0.3, -0.25) is 9.69 Å². The van der Waals surface area contributed by atoms with Gasteiger partial charge >= 0.3 is 0 Å². The second-order valence-corrected chi connectivity index (χ2v) is 6.58. The van der Waals surface area contributed by atoms with E-state index in [1.165, 1.54) is 25.7 Å². The number of fused-ring (bicyclic) bond motifs is 2. The molecule has 1 saturated heterocycles. The van der Waals surface area contributed by atoms with Gasteiger partial charge in [0, 0.05) is 19.1 Å². The van der Waals surface area contributed by atoms with Gasteiger partial charge in [0.1, 0.15) is 0 Å². The Kier molecular flexibility index (Phi) is 4.08. The molecular weight excluding hydrogens is 240 g/mol. The fourth-order valence-corrected chi connectivity index (χ4v) is 4.28. The van der Waals surface area contributed by atoms with E-state index >= 15 is 0 Å². The number of hydrogen-bond acceptors (Lipinski definition) is 3. The first-order valence-electron chi connectivity index (χ1n) is 7.82. The number of ether oxygens (including phenoxy) is 1. The smallest absolute Gasteiger partial charge is 0.234 e. The summed E-state index contributed by atoms with van der Waals surface area (Å²) in [5.41, 5.74) is 0. The van der Waals surface area contributed by atoms with Crippen molar-refractivity contribution in [1.82, 2.24) is 10.2 Å². The number of amides is 1. The number of carbonyl (C=O) groups excluding carboxylic acids is 1. The molecule has 108 valence electrons. The van der Waals surface area contributed by atoms with Crippen molar-refractivity contribution in [3.05, 3.63) is 0 Å². The van der Waals surface area contributed by atoms with Crippen molar-refractivity contribution in [2.45, 2.75) is 38.6 Å². The van der Waals surface area contributed by atoms with E-state index in [-0.39, 0.29) is 5.91 Å². The molecule has 4 heteroatoms. The van der Waals surface area contributed by atoms with E-state index in [9.17, 15) is 4.79 Å². The Morgan fingerprint density at radius 2 is 2.11 bits per heavy atom. The normalized spacial score (nSPS) is 36.4. The monoisotopic (exact) mass is 266 g/mol. The lowest BCUT2D eigenvalue weighted by Crippen LogP contribution is -2.47. The predicted molar refractivity (Wildman–Crippen MR) is 73.8 cm³/mol. The topological polar surface area (TPSA) is 41.6 Å². The van der Waals surface area contributed by atoms with Crippen LogP contribution in [0.15, 0.2) is 0 Å². The summed E-state index contributed by atoms with van der Waals surface area (Å²) in [4.78, 5) is 14.3. The fourth-order valence-electron chi connectivity index (χ4n) is 4.28. The van der Waals surface area contributed by atoms with Gasteiger partial charge in [-0.05, 0) is 43.9 Å². The molecule has 0 aromatic heterocycles. The van der Waals surface area contributed by atoms with E-state index in [0.717, 1.165) is 44.1 Å². The summed E-state index contributed by atoms with van der Waals surface area (Å²) < 4.78 is 5.30. The van der Waals surface area contributed by atoms with E-state index in [1.54, 1.807) is 0 Å². The SMILES string of the molecule is C[C@H](NC(=O)CN1CCOCC1)[C@H]1C[C@H]2CC[C@H]1C2. The van der Waals surface area contributed by atoms with Crippen LogP contribution in [-0.4, -0.2) is 49.7 Å². The summed E-state index contributed by atoms with van der Waals surface area (Å²) in [7, 11) is 0. The Labute approximate surface area is 115 Å². The second kappa shape index (κ2) is 5.80. The third kappa shape index (κ3) is 3.11. The van der Waals surface area contributed by atoms with Crippen LogP contribution in [0.3, 0.4) is 0 Å². The zero-order valence-corrected chi connectivity index (χ0v) is 11.9. The van der Waals surface area contributed by atoms with Crippen LogP contribution in [-0.2, 0) is 9.53 Å². The van der Waals surface area contributed by atoms with Crippen LogP contribution >= 0.6 is 0 Å². The minimum Gasteiger partial charge on any atom is -0.379 e. The van der Waals surface area contributed by atoms with E-state index in [4.69, 9.17) is 4.74 Å². The molecule has 0 aromatic carbocycles. The Hall–Kier alpha value is -0.610. The van der Waals surface area contributed by atoms with Crippen LogP contribution in [0.1, 0.15) is 32.6 Å². The molecule has 2 saturated carbocycles. The van der Waals surface area contributed by atoms with Crippen LogP contribution < -0.4 is 5.32 Å². The molecule has 4 atom stereocenters. The maximum atomic E-state index is 12.1. The zero-order chi connectivity index (χ0) is 13.2. The summed E-state index contributed by atoms with van der Waals surface area (Å²) >= 11 is 0. The highest BCUT2D eigenvalue weighted by molar-refractivity contribution is 5.78. The first-order chi connectivity index (χ1) is 9.22. The molecule has 2 aliphatic carbocycles. The molecule has 3 rings (SSSR count). The lowest BCUT2D eigenvalue weighted by atomic mass is 9.84. The van der Waals surface area contributed by atoms with Crippen LogP contribution in [0.25, 0.3) is 0 Å². The Morgan fingerprint density at radius 1 is 1.32 bits per heavy atom. The number of carbonyl (C=O) groups is 1. The lowest BCUT2D eigenvalue weighted by Gasteiger charge is -2.30. The van der Waals surface area contributed by atoms with Gasteiger partial charge in [-0.1, -0.05) is 6.42 Å². The maximum Gasteiger partial charge on any atom is 0.234 e. The average molecular weight is 266 g/mol. The summed E-state index contributed by atoms with van der Waals surface area (Å²) in [5.74, 6) is 2.75. The van der Waals surface area contributed by atoms with Gasteiger partial charge in [0.05, 0.1) is 19.8 Å². The summed E-state index contributed by atoms with van der Waals surface area (Å²) in [6.07, 6.45) is 5.56. The number of rotatable bonds is 4. The van der Waals surface area contributed by atoms with Gasteiger partial charge in [-0.15, -0.1) is 0 Å². The predicted octanol–water partition coefficient (Wildman–Crippen LogP) is 1.26. The Morgan fingerprint density at radius 3 is 2.74 bits per heavy atom. The van der Waals surface area contributed by atoms with Gasteiger partial charge in [0.25, 0.3) is 0 Å².